The van der Waals surface area contributed by atoms with E-state index in [0.717, 1.165) is 6.42 Å². The van der Waals surface area contributed by atoms with Crippen molar-refractivity contribution in [3.63, 3.8) is 0 Å². The van der Waals surface area contributed by atoms with Gasteiger partial charge in [0.25, 0.3) is 0 Å². The van der Waals surface area contributed by atoms with E-state index in [1.165, 1.54) is 0 Å². The molecule has 0 aromatic carbocycles. The maximum atomic E-state index is 11.1. The highest BCUT2D eigenvalue weighted by atomic mass is 16.5. The maximum absolute atomic E-state index is 11.1. The van der Waals surface area contributed by atoms with Gasteiger partial charge in [-0.2, -0.15) is 0 Å². The Morgan fingerprint density at radius 3 is 2.59 bits per heavy atom. The van der Waals surface area contributed by atoms with Gasteiger partial charge in [0.2, 0.25) is 0 Å². The van der Waals surface area contributed by atoms with Gasteiger partial charge in [-0.1, -0.05) is 26.0 Å². The van der Waals surface area contributed by atoms with Crippen LogP contribution in [0.25, 0.3) is 0 Å². The lowest BCUT2D eigenvalue weighted by Gasteiger charge is -2.18. The van der Waals surface area contributed by atoms with Gasteiger partial charge in [0.05, 0.1) is 18.3 Å². The van der Waals surface area contributed by atoms with Crippen molar-refractivity contribution in [3.8, 4) is 0 Å². The molecule has 0 bridgehead atoms. The molecule has 0 saturated heterocycles. The van der Waals surface area contributed by atoms with Gasteiger partial charge < -0.3 is 9.84 Å². The number of rotatable bonds is 6. The van der Waals surface area contributed by atoms with E-state index in [2.05, 4.69) is 10.3 Å². The molecule has 17 heavy (non-hydrogen) atoms. The monoisotopic (exact) mass is 241 g/mol. The Bertz CT molecular complexity index is 387. The molecule has 1 aromatic rings. The van der Waals surface area contributed by atoms with Crippen LogP contribution in [0.5, 0.6) is 0 Å². The molecule has 0 fully saturated rings. The van der Waals surface area contributed by atoms with Crippen molar-refractivity contribution >= 4 is 5.97 Å². The summed E-state index contributed by atoms with van der Waals surface area (Å²) in [4.78, 5) is 11.1. The summed E-state index contributed by atoms with van der Waals surface area (Å²) in [5.74, 6) is -0.978. The van der Waals surface area contributed by atoms with Crippen LogP contribution in [-0.4, -0.2) is 39.8 Å². The molecule has 0 spiro atoms. The average molecular weight is 241 g/mol. The molecule has 0 saturated carbocycles. The van der Waals surface area contributed by atoms with Gasteiger partial charge in [0.1, 0.15) is 0 Å². The second kappa shape index (κ2) is 5.77. The number of carboxylic acids is 1. The molecule has 1 aromatic heterocycles. The molecule has 1 unspecified atom stereocenters. The van der Waals surface area contributed by atoms with Crippen LogP contribution in [0.2, 0.25) is 0 Å². The lowest BCUT2D eigenvalue weighted by atomic mass is 10.1. The molecule has 0 amide bonds. The maximum Gasteiger partial charge on any atom is 0.358 e. The summed E-state index contributed by atoms with van der Waals surface area (Å²) >= 11 is 0. The third-order valence-electron chi connectivity index (χ3n) is 2.66. The first-order valence-corrected chi connectivity index (χ1v) is 5.70. The number of hydrogen-bond donors (Lipinski definition) is 1. The zero-order valence-corrected chi connectivity index (χ0v) is 10.7. The molecular weight excluding hydrogens is 222 g/mol. The van der Waals surface area contributed by atoms with Gasteiger partial charge in [-0.15, -0.1) is 5.10 Å². The molecule has 6 heteroatoms. The highest BCUT2D eigenvalue weighted by molar-refractivity contribution is 5.86. The first-order valence-electron chi connectivity index (χ1n) is 5.70. The van der Waals surface area contributed by atoms with E-state index >= 15 is 0 Å². The van der Waals surface area contributed by atoms with E-state index < -0.39 is 5.97 Å². The zero-order valence-electron chi connectivity index (χ0n) is 10.7. The van der Waals surface area contributed by atoms with Gasteiger partial charge in [-0.25, -0.2) is 9.48 Å². The fraction of sp³-hybridized carbons (Fsp3) is 0.727. The summed E-state index contributed by atoms with van der Waals surface area (Å²) in [5, 5.41) is 16.8. The second-order valence-corrected chi connectivity index (χ2v) is 4.25. The van der Waals surface area contributed by atoms with Crippen molar-refractivity contribution in [1.29, 1.82) is 0 Å². The number of ether oxygens (including phenoxy) is 1. The van der Waals surface area contributed by atoms with Crippen molar-refractivity contribution in [1.82, 2.24) is 15.0 Å². The van der Waals surface area contributed by atoms with Crippen LogP contribution < -0.4 is 0 Å². The number of methoxy groups -OCH3 is 1. The van der Waals surface area contributed by atoms with Gasteiger partial charge >= 0.3 is 5.97 Å². The summed E-state index contributed by atoms with van der Waals surface area (Å²) in [7, 11) is 1.62. The van der Waals surface area contributed by atoms with Gasteiger partial charge in [-0.05, 0) is 12.3 Å². The van der Waals surface area contributed by atoms with Crippen LogP contribution in [0.15, 0.2) is 0 Å². The van der Waals surface area contributed by atoms with E-state index in [1.54, 1.807) is 11.8 Å². The van der Waals surface area contributed by atoms with Crippen molar-refractivity contribution in [2.75, 3.05) is 13.7 Å². The normalized spacial score (nSPS) is 13.0. The largest absolute Gasteiger partial charge is 0.476 e. The second-order valence-electron chi connectivity index (χ2n) is 4.25. The summed E-state index contributed by atoms with van der Waals surface area (Å²) in [5.41, 5.74) is 0.691. The number of aromatic carboxylic acids is 1. The lowest BCUT2D eigenvalue weighted by molar-refractivity contribution is 0.0688. The molecule has 0 aliphatic heterocycles. The van der Waals surface area contributed by atoms with Crippen LogP contribution in [0.1, 0.15) is 55.3 Å². The van der Waals surface area contributed by atoms with Crippen LogP contribution in [0.4, 0.5) is 0 Å². The third-order valence-corrected chi connectivity index (χ3v) is 2.66. The van der Waals surface area contributed by atoms with Crippen LogP contribution >= 0.6 is 0 Å². The fourth-order valence-electron chi connectivity index (χ4n) is 1.81. The summed E-state index contributed by atoms with van der Waals surface area (Å²) in [6, 6.07) is 0.0259. The lowest BCUT2D eigenvalue weighted by Crippen LogP contribution is -2.19. The Kier molecular flexibility index (Phi) is 4.62. The van der Waals surface area contributed by atoms with Crippen molar-refractivity contribution in [3.05, 3.63) is 11.4 Å². The summed E-state index contributed by atoms with van der Waals surface area (Å²) < 4.78 is 6.80. The standard InChI is InChI=1S/C11H19N3O3/c1-5-8(6-17-4)14-10(7(2)3)9(11(15)16)12-13-14/h7-8H,5-6H2,1-4H3,(H,15,16). The molecule has 1 N–H and O–H groups in total. The Balaban J connectivity index is 3.19. The molecule has 96 valence electrons. The minimum atomic E-state index is -1.03. The fourth-order valence-corrected chi connectivity index (χ4v) is 1.81. The number of hydrogen-bond acceptors (Lipinski definition) is 4. The van der Waals surface area contributed by atoms with Gasteiger partial charge in [-0.3, -0.25) is 0 Å². The predicted octanol–water partition coefficient (Wildman–Crippen LogP) is 1.70. The van der Waals surface area contributed by atoms with Crippen molar-refractivity contribution < 1.29 is 14.6 Å². The minimum absolute atomic E-state index is 0.0259. The molecule has 0 aliphatic carbocycles. The van der Waals surface area contributed by atoms with Crippen molar-refractivity contribution in [2.45, 2.75) is 39.2 Å². The summed E-state index contributed by atoms with van der Waals surface area (Å²) in [6.07, 6.45) is 0.815. The first-order chi connectivity index (χ1) is 8.02. The smallest absolute Gasteiger partial charge is 0.358 e. The van der Waals surface area contributed by atoms with E-state index in [9.17, 15) is 4.79 Å². The minimum Gasteiger partial charge on any atom is -0.476 e. The van der Waals surface area contributed by atoms with Crippen LogP contribution in [-0.2, 0) is 4.74 Å². The number of aromatic nitrogens is 3. The SMILES string of the molecule is CCC(COC)n1nnc(C(=O)O)c1C(C)C. The van der Waals surface area contributed by atoms with Gasteiger partial charge in [0.15, 0.2) is 5.69 Å². The Morgan fingerprint density at radius 1 is 1.53 bits per heavy atom. The molecule has 0 radical (unpaired) electrons. The van der Waals surface area contributed by atoms with Crippen molar-refractivity contribution in [2.24, 2.45) is 0 Å². The number of carbonyl (C=O) groups is 1. The molecule has 1 rings (SSSR count). The predicted molar refractivity (Wildman–Crippen MR) is 62.3 cm³/mol. The van der Waals surface area contributed by atoms with E-state index in [4.69, 9.17) is 9.84 Å². The molecule has 0 aliphatic rings. The topological polar surface area (TPSA) is 77.2 Å². The third kappa shape index (κ3) is 2.82. The van der Waals surface area contributed by atoms with E-state index in [1.807, 2.05) is 20.8 Å². The molecule has 1 heterocycles. The Hall–Kier alpha value is -1.43. The molecular formula is C11H19N3O3. The van der Waals surface area contributed by atoms with E-state index in [-0.39, 0.29) is 17.7 Å². The number of carboxylic acid groups (broad SMARTS) is 1. The Morgan fingerprint density at radius 2 is 2.18 bits per heavy atom. The van der Waals surface area contributed by atoms with E-state index in [0.29, 0.717) is 12.3 Å². The Labute approximate surface area is 101 Å². The van der Waals surface area contributed by atoms with Crippen LogP contribution in [0, 0.1) is 0 Å². The van der Waals surface area contributed by atoms with Crippen LogP contribution in [0.3, 0.4) is 0 Å². The highest BCUT2D eigenvalue weighted by Crippen LogP contribution is 2.22. The van der Waals surface area contributed by atoms with Gasteiger partial charge in [0, 0.05) is 7.11 Å². The zero-order chi connectivity index (χ0) is 13.0. The highest BCUT2D eigenvalue weighted by Gasteiger charge is 2.24. The number of nitrogens with zero attached hydrogens (tertiary/aromatic N) is 3. The first kappa shape index (κ1) is 13.6. The summed E-state index contributed by atoms with van der Waals surface area (Å²) in [6.45, 7) is 6.37. The molecule has 6 nitrogen and oxygen atoms in total. The average Bonchev–Trinajstić information content (AvgIpc) is 2.70. The quantitative estimate of drug-likeness (QED) is 0.820. The molecule has 1 atom stereocenters.